The minimum Gasteiger partial charge on any atom is -0.493 e. The molecule has 1 N–H and O–H groups in total. The first-order valence-electron chi connectivity index (χ1n) is 12.4. The fourth-order valence-corrected chi connectivity index (χ4v) is 4.16. The predicted molar refractivity (Wildman–Crippen MR) is 135 cm³/mol. The maximum atomic E-state index is 13.6. The average Bonchev–Trinajstić information content (AvgIpc) is 2.81. The number of amides is 1. The number of hydrogen-bond acceptors (Lipinski definition) is 8. The molecule has 1 amide bonds. The second-order valence-corrected chi connectivity index (χ2v) is 9.86. The maximum Gasteiger partial charge on any atom is 0.254 e. The number of rotatable bonds is 14. The van der Waals surface area contributed by atoms with Crippen molar-refractivity contribution in [2.75, 3.05) is 73.9 Å². The molecule has 0 bridgehead atoms. The molecule has 9 heteroatoms. The number of methoxy groups -OCH3 is 3. The molecule has 1 fully saturated rings. The van der Waals surface area contributed by atoms with Crippen LogP contribution in [-0.4, -0.2) is 107 Å². The van der Waals surface area contributed by atoms with Gasteiger partial charge in [0.05, 0.1) is 46.8 Å². The average molecular weight is 497 g/mol. The van der Waals surface area contributed by atoms with Gasteiger partial charge < -0.3 is 33.7 Å². The summed E-state index contributed by atoms with van der Waals surface area (Å²) in [6.07, 6.45) is -0.711. The van der Waals surface area contributed by atoms with Crippen molar-refractivity contribution in [2.45, 2.75) is 39.9 Å². The van der Waals surface area contributed by atoms with Crippen LogP contribution in [0.25, 0.3) is 0 Å². The van der Waals surface area contributed by atoms with E-state index in [1.54, 1.807) is 12.1 Å². The number of aliphatic hydroxyl groups excluding tert-OH is 1. The Kier molecular flexibility index (Phi) is 12.1. The van der Waals surface area contributed by atoms with Crippen molar-refractivity contribution < 1.29 is 33.6 Å². The number of carbonyl (C=O) groups is 1. The maximum absolute atomic E-state index is 13.6. The Hall–Kier alpha value is -2.07. The molecule has 200 valence electrons. The van der Waals surface area contributed by atoms with Gasteiger partial charge in [-0.05, 0) is 24.0 Å². The number of β-amino-alcohol motifs (C(OH)–C–C–N with tert-alkyl or cyclic N) is 1. The first-order valence-corrected chi connectivity index (χ1v) is 12.4. The Morgan fingerprint density at radius 1 is 1.09 bits per heavy atom. The smallest absolute Gasteiger partial charge is 0.254 e. The lowest BCUT2D eigenvalue weighted by Crippen LogP contribution is -2.51. The highest BCUT2D eigenvalue weighted by molar-refractivity contribution is 5.95. The van der Waals surface area contributed by atoms with Gasteiger partial charge in [0.1, 0.15) is 0 Å². The van der Waals surface area contributed by atoms with Crippen LogP contribution >= 0.6 is 0 Å². The largest absolute Gasteiger partial charge is 0.493 e. The van der Waals surface area contributed by atoms with E-state index >= 15 is 0 Å². The minimum atomic E-state index is -0.555. The van der Waals surface area contributed by atoms with E-state index in [0.717, 1.165) is 6.54 Å². The third-order valence-electron chi connectivity index (χ3n) is 5.66. The van der Waals surface area contributed by atoms with E-state index in [4.69, 9.17) is 23.7 Å². The van der Waals surface area contributed by atoms with E-state index in [1.807, 2.05) is 4.90 Å². The summed E-state index contributed by atoms with van der Waals surface area (Å²) in [5.41, 5.74) is 0.463. The number of morpholine rings is 1. The van der Waals surface area contributed by atoms with E-state index in [0.29, 0.717) is 74.7 Å². The number of carbonyl (C=O) groups excluding carboxylic acids is 1. The number of benzene rings is 1. The molecular weight excluding hydrogens is 452 g/mol. The number of ether oxygens (including phenoxy) is 5. The molecule has 0 spiro atoms. The Labute approximate surface area is 210 Å². The highest BCUT2D eigenvalue weighted by Gasteiger charge is 2.28. The van der Waals surface area contributed by atoms with Gasteiger partial charge in [0.15, 0.2) is 11.5 Å². The Balaban J connectivity index is 2.09. The molecule has 1 heterocycles. The summed E-state index contributed by atoms with van der Waals surface area (Å²) in [7, 11) is 4.60. The normalized spacial score (nSPS) is 17.5. The van der Waals surface area contributed by atoms with Crippen molar-refractivity contribution in [1.29, 1.82) is 0 Å². The molecule has 2 rings (SSSR count). The van der Waals surface area contributed by atoms with Gasteiger partial charge in [0, 0.05) is 44.9 Å². The van der Waals surface area contributed by atoms with Crippen LogP contribution < -0.4 is 14.2 Å². The van der Waals surface area contributed by atoms with Crippen LogP contribution in [0.15, 0.2) is 12.1 Å². The van der Waals surface area contributed by atoms with Crippen LogP contribution in [0.5, 0.6) is 17.2 Å². The highest BCUT2D eigenvalue weighted by atomic mass is 16.5. The zero-order valence-corrected chi connectivity index (χ0v) is 22.4. The number of nitrogens with zero attached hydrogens (tertiary/aromatic N) is 2. The van der Waals surface area contributed by atoms with E-state index in [1.165, 1.54) is 21.3 Å². The lowest BCUT2D eigenvalue weighted by molar-refractivity contribution is -0.0602. The van der Waals surface area contributed by atoms with Gasteiger partial charge in [0.25, 0.3) is 5.91 Å². The van der Waals surface area contributed by atoms with Crippen molar-refractivity contribution in [1.82, 2.24) is 9.80 Å². The van der Waals surface area contributed by atoms with Crippen LogP contribution in [0.4, 0.5) is 0 Å². The van der Waals surface area contributed by atoms with Gasteiger partial charge >= 0.3 is 0 Å². The zero-order chi connectivity index (χ0) is 26.0. The van der Waals surface area contributed by atoms with E-state index in [9.17, 15) is 9.90 Å². The van der Waals surface area contributed by atoms with Crippen LogP contribution in [0.2, 0.25) is 0 Å². The Bertz CT molecular complexity index is 762. The van der Waals surface area contributed by atoms with Gasteiger partial charge in [0.2, 0.25) is 5.75 Å². The van der Waals surface area contributed by atoms with Gasteiger partial charge in [-0.25, -0.2) is 0 Å². The van der Waals surface area contributed by atoms with Crippen molar-refractivity contribution in [3.8, 4) is 17.2 Å². The van der Waals surface area contributed by atoms with Crippen LogP contribution in [0.3, 0.4) is 0 Å². The molecule has 0 aromatic heterocycles. The third-order valence-corrected chi connectivity index (χ3v) is 5.66. The van der Waals surface area contributed by atoms with E-state index in [-0.39, 0.29) is 17.9 Å². The Morgan fingerprint density at radius 2 is 1.74 bits per heavy atom. The first kappa shape index (κ1) is 29.2. The van der Waals surface area contributed by atoms with Crippen LogP contribution in [-0.2, 0) is 9.47 Å². The number of hydrogen-bond donors (Lipinski definition) is 1. The van der Waals surface area contributed by atoms with E-state index in [2.05, 4.69) is 32.6 Å². The molecule has 1 aliphatic rings. The van der Waals surface area contributed by atoms with Crippen LogP contribution in [0, 0.1) is 11.8 Å². The quantitative estimate of drug-likeness (QED) is 0.420. The molecule has 0 radical (unpaired) electrons. The fourth-order valence-electron chi connectivity index (χ4n) is 4.16. The predicted octanol–water partition coefficient (Wildman–Crippen LogP) is 2.54. The zero-order valence-electron chi connectivity index (χ0n) is 22.4. The summed E-state index contributed by atoms with van der Waals surface area (Å²) in [6.45, 7) is 12.8. The molecular formula is C26H44N2O7. The summed E-state index contributed by atoms with van der Waals surface area (Å²) in [5.74, 6) is 1.91. The van der Waals surface area contributed by atoms with E-state index < -0.39 is 6.10 Å². The van der Waals surface area contributed by atoms with Crippen molar-refractivity contribution in [2.24, 2.45) is 11.8 Å². The molecule has 0 saturated carbocycles. The summed E-state index contributed by atoms with van der Waals surface area (Å²) in [6, 6.07) is 3.36. The first-order chi connectivity index (χ1) is 16.7. The molecule has 1 aromatic rings. The van der Waals surface area contributed by atoms with Gasteiger partial charge in [-0.3, -0.25) is 9.69 Å². The van der Waals surface area contributed by atoms with Crippen molar-refractivity contribution in [3.05, 3.63) is 17.7 Å². The Morgan fingerprint density at radius 3 is 2.29 bits per heavy atom. The van der Waals surface area contributed by atoms with Crippen LogP contribution in [0.1, 0.15) is 38.1 Å². The second kappa shape index (κ2) is 14.5. The SMILES string of the molecule is COc1cc(C(=O)N(CC(C)C)C[C@H]2CN(C[C@H](O)COCC(C)C)CCO2)cc(OC)c1OC. The molecule has 2 atom stereocenters. The number of aliphatic hydroxyl groups is 1. The summed E-state index contributed by atoms with van der Waals surface area (Å²) in [4.78, 5) is 17.6. The monoisotopic (exact) mass is 496 g/mol. The summed E-state index contributed by atoms with van der Waals surface area (Å²) in [5, 5.41) is 10.4. The lowest BCUT2D eigenvalue weighted by atomic mass is 10.1. The van der Waals surface area contributed by atoms with Crippen molar-refractivity contribution >= 4 is 5.91 Å². The van der Waals surface area contributed by atoms with Gasteiger partial charge in [-0.1, -0.05) is 27.7 Å². The fraction of sp³-hybridized carbons (Fsp3) is 0.731. The summed E-state index contributed by atoms with van der Waals surface area (Å²) < 4.78 is 27.8. The summed E-state index contributed by atoms with van der Waals surface area (Å²) >= 11 is 0. The molecule has 1 aliphatic heterocycles. The molecule has 0 aliphatic carbocycles. The molecule has 1 saturated heterocycles. The molecule has 0 unspecified atom stereocenters. The standard InChI is InChI=1S/C26H44N2O7/c1-18(2)12-28(26(30)20-10-23(31-5)25(33-7)24(11-20)32-6)15-22-14-27(8-9-35-22)13-21(29)17-34-16-19(3)4/h10-11,18-19,21-22,29H,8-9,12-17H2,1-7H3/t21-,22+/m0/s1. The molecule has 35 heavy (non-hydrogen) atoms. The third kappa shape index (κ3) is 9.14. The molecule has 1 aromatic carbocycles. The topological polar surface area (TPSA) is 89.9 Å². The lowest BCUT2D eigenvalue weighted by Gasteiger charge is -2.37. The van der Waals surface area contributed by atoms with Gasteiger partial charge in [-0.2, -0.15) is 0 Å². The highest BCUT2D eigenvalue weighted by Crippen LogP contribution is 2.38. The second-order valence-electron chi connectivity index (χ2n) is 9.86. The van der Waals surface area contributed by atoms with Gasteiger partial charge in [-0.15, -0.1) is 0 Å². The minimum absolute atomic E-state index is 0.124. The van der Waals surface area contributed by atoms with Crippen molar-refractivity contribution in [3.63, 3.8) is 0 Å². The molecule has 9 nitrogen and oxygen atoms in total.